The second kappa shape index (κ2) is 6.22. The van der Waals surface area contributed by atoms with Crippen molar-refractivity contribution < 1.29 is 18.4 Å². The summed E-state index contributed by atoms with van der Waals surface area (Å²) in [5.41, 5.74) is -0.378. The van der Waals surface area contributed by atoms with Gasteiger partial charge in [0.05, 0.1) is 16.0 Å². The normalized spacial score (nSPS) is 11.5. The third-order valence-electron chi connectivity index (χ3n) is 2.63. The number of nitrogens with zero attached hydrogens (tertiary/aromatic N) is 2. The number of hydrogen-bond acceptors (Lipinski definition) is 6. The van der Waals surface area contributed by atoms with Gasteiger partial charge in [0, 0.05) is 12.1 Å². The molecular formula is C13H10N3O5S-. The lowest BCUT2D eigenvalue weighted by Gasteiger charge is -2.08. The summed E-state index contributed by atoms with van der Waals surface area (Å²) in [4.78, 5) is 11.9. The first-order valence-corrected chi connectivity index (χ1v) is 7.44. The monoisotopic (exact) mass is 320 g/mol. The Bertz CT molecular complexity index is 819. The third-order valence-corrected chi connectivity index (χ3v) is 3.87. The maximum absolute atomic E-state index is 11.9. The van der Waals surface area contributed by atoms with Crippen molar-refractivity contribution in [3.8, 4) is 5.75 Å². The molecule has 2 aromatic rings. The SMILES string of the molecule is O=[N+]([O-])c1ccc([O-])c(/C=N\NS(=O)(=O)c2ccccc2)c1. The highest BCUT2D eigenvalue weighted by atomic mass is 32.2. The summed E-state index contributed by atoms with van der Waals surface area (Å²) >= 11 is 0. The molecule has 0 bridgehead atoms. The number of non-ortho nitro benzene ring substituents is 1. The van der Waals surface area contributed by atoms with Crippen LogP contribution in [-0.2, 0) is 10.0 Å². The van der Waals surface area contributed by atoms with Gasteiger partial charge in [0.1, 0.15) is 0 Å². The van der Waals surface area contributed by atoms with Crippen LogP contribution in [0.3, 0.4) is 0 Å². The molecule has 0 heterocycles. The van der Waals surface area contributed by atoms with Crippen LogP contribution >= 0.6 is 0 Å². The van der Waals surface area contributed by atoms with Crippen molar-refractivity contribution in [2.45, 2.75) is 4.90 Å². The lowest BCUT2D eigenvalue weighted by Crippen LogP contribution is -2.18. The van der Waals surface area contributed by atoms with Crippen molar-refractivity contribution >= 4 is 21.9 Å². The summed E-state index contributed by atoms with van der Waals surface area (Å²) in [5.74, 6) is -0.506. The van der Waals surface area contributed by atoms with Crippen molar-refractivity contribution in [1.29, 1.82) is 0 Å². The van der Waals surface area contributed by atoms with Crippen LogP contribution in [0.4, 0.5) is 5.69 Å². The summed E-state index contributed by atoms with van der Waals surface area (Å²) in [5, 5.41) is 25.6. The predicted molar refractivity (Wildman–Crippen MR) is 76.9 cm³/mol. The van der Waals surface area contributed by atoms with Crippen LogP contribution < -0.4 is 9.94 Å². The van der Waals surface area contributed by atoms with Crippen LogP contribution in [0.25, 0.3) is 0 Å². The van der Waals surface area contributed by atoms with E-state index in [2.05, 4.69) is 5.10 Å². The molecule has 22 heavy (non-hydrogen) atoms. The van der Waals surface area contributed by atoms with Crippen molar-refractivity contribution in [3.05, 3.63) is 64.2 Å². The fourth-order valence-corrected chi connectivity index (χ4v) is 2.38. The van der Waals surface area contributed by atoms with E-state index in [1.54, 1.807) is 18.2 Å². The Morgan fingerprint density at radius 1 is 1.14 bits per heavy atom. The molecule has 8 nitrogen and oxygen atoms in total. The number of hydrazone groups is 1. The minimum atomic E-state index is -3.85. The van der Waals surface area contributed by atoms with E-state index in [0.717, 1.165) is 24.4 Å². The van der Waals surface area contributed by atoms with Gasteiger partial charge < -0.3 is 5.11 Å². The zero-order chi connectivity index (χ0) is 16.2. The van der Waals surface area contributed by atoms with Crippen LogP contribution in [0.1, 0.15) is 5.56 Å². The molecular weight excluding hydrogens is 310 g/mol. The molecule has 0 unspecified atom stereocenters. The molecule has 0 aromatic heterocycles. The Morgan fingerprint density at radius 2 is 1.82 bits per heavy atom. The van der Waals surface area contributed by atoms with Gasteiger partial charge in [-0.05, 0) is 17.7 Å². The molecule has 0 aliphatic carbocycles. The average molecular weight is 320 g/mol. The maximum atomic E-state index is 11.9. The number of nitro groups is 1. The highest BCUT2D eigenvalue weighted by Crippen LogP contribution is 2.19. The zero-order valence-electron chi connectivity index (χ0n) is 11.0. The molecule has 2 aromatic carbocycles. The van der Waals surface area contributed by atoms with Gasteiger partial charge in [0.25, 0.3) is 15.7 Å². The maximum Gasteiger partial charge on any atom is 0.276 e. The van der Waals surface area contributed by atoms with E-state index in [1.807, 2.05) is 4.83 Å². The van der Waals surface area contributed by atoms with E-state index < -0.39 is 20.7 Å². The lowest BCUT2D eigenvalue weighted by atomic mass is 10.2. The standard InChI is InChI=1S/C13H11N3O5S/c17-13-7-6-11(16(18)19)8-10(13)9-14-15-22(20,21)12-4-2-1-3-5-12/h1-9,15,17H/p-1/b14-9-. The predicted octanol–water partition coefficient (Wildman–Crippen LogP) is 0.981. The zero-order valence-corrected chi connectivity index (χ0v) is 11.9. The number of nitrogens with one attached hydrogen (secondary N) is 1. The summed E-state index contributed by atoms with van der Waals surface area (Å²) in [6.07, 6.45) is 0.926. The molecule has 0 spiro atoms. The average Bonchev–Trinajstić information content (AvgIpc) is 2.49. The van der Waals surface area contributed by atoms with Gasteiger partial charge in [-0.1, -0.05) is 30.0 Å². The van der Waals surface area contributed by atoms with Crippen LogP contribution in [0, 0.1) is 10.1 Å². The first kappa shape index (κ1) is 15.4. The van der Waals surface area contributed by atoms with Gasteiger partial charge in [-0.2, -0.15) is 13.5 Å². The minimum absolute atomic E-state index is 0.00791. The Hall–Kier alpha value is -2.94. The van der Waals surface area contributed by atoms with Crippen LogP contribution in [-0.4, -0.2) is 19.6 Å². The first-order chi connectivity index (χ1) is 10.4. The highest BCUT2D eigenvalue weighted by Gasteiger charge is 2.11. The lowest BCUT2D eigenvalue weighted by molar-refractivity contribution is -0.385. The van der Waals surface area contributed by atoms with E-state index in [4.69, 9.17) is 0 Å². The van der Waals surface area contributed by atoms with Crippen molar-refractivity contribution in [1.82, 2.24) is 4.83 Å². The van der Waals surface area contributed by atoms with Gasteiger partial charge in [0.15, 0.2) is 0 Å². The smallest absolute Gasteiger partial charge is 0.276 e. The van der Waals surface area contributed by atoms with Crippen molar-refractivity contribution in [3.63, 3.8) is 0 Å². The van der Waals surface area contributed by atoms with Crippen molar-refractivity contribution in [2.24, 2.45) is 5.10 Å². The van der Waals surface area contributed by atoms with Gasteiger partial charge in [-0.25, -0.2) is 4.83 Å². The number of sulfonamides is 1. The fraction of sp³-hybridized carbons (Fsp3) is 0. The van der Waals surface area contributed by atoms with Gasteiger partial charge in [0.2, 0.25) is 0 Å². The molecule has 0 aliphatic rings. The minimum Gasteiger partial charge on any atom is -0.872 e. The largest absolute Gasteiger partial charge is 0.872 e. The molecule has 0 radical (unpaired) electrons. The highest BCUT2D eigenvalue weighted by molar-refractivity contribution is 7.89. The molecule has 2 rings (SSSR count). The fourth-order valence-electron chi connectivity index (χ4n) is 1.57. The summed E-state index contributed by atoms with van der Waals surface area (Å²) in [7, 11) is -3.85. The quantitative estimate of drug-likeness (QED) is 0.499. The number of nitro benzene ring substituents is 1. The van der Waals surface area contributed by atoms with E-state index in [0.29, 0.717) is 0 Å². The molecule has 0 fully saturated rings. The molecule has 0 atom stereocenters. The molecule has 0 amide bonds. The van der Waals surface area contributed by atoms with Crippen LogP contribution in [0.15, 0.2) is 58.5 Å². The second-order valence-electron chi connectivity index (χ2n) is 4.15. The van der Waals surface area contributed by atoms with E-state index in [-0.39, 0.29) is 16.1 Å². The molecule has 0 saturated heterocycles. The van der Waals surface area contributed by atoms with Crippen LogP contribution in [0.5, 0.6) is 5.75 Å². The second-order valence-corrected chi connectivity index (χ2v) is 5.81. The van der Waals surface area contributed by atoms with E-state index in [1.165, 1.54) is 12.1 Å². The van der Waals surface area contributed by atoms with Crippen LogP contribution in [0.2, 0.25) is 0 Å². The molecule has 1 N–H and O–H groups in total. The summed E-state index contributed by atoms with van der Waals surface area (Å²) in [6.45, 7) is 0. The Kier molecular flexibility index (Phi) is 4.37. The third kappa shape index (κ3) is 3.58. The Labute approximate surface area is 125 Å². The summed E-state index contributed by atoms with van der Waals surface area (Å²) in [6, 6.07) is 10.6. The van der Waals surface area contributed by atoms with Gasteiger partial charge in [-0.15, -0.1) is 0 Å². The summed E-state index contributed by atoms with van der Waals surface area (Å²) < 4.78 is 23.7. The van der Waals surface area contributed by atoms with Gasteiger partial charge in [-0.3, -0.25) is 10.1 Å². The van der Waals surface area contributed by atoms with Gasteiger partial charge >= 0.3 is 0 Å². The number of rotatable bonds is 5. The number of benzene rings is 2. The van der Waals surface area contributed by atoms with E-state index >= 15 is 0 Å². The number of hydrogen-bond donors (Lipinski definition) is 1. The molecule has 0 saturated carbocycles. The molecule has 0 aliphatic heterocycles. The molecule has 114 valence electrons. The van der Waals surface area contributed by atoms with Crippen molar-refractivity contribution in [2.75, 3.05) is 0 Å². The Morgan fingerprint density at radius 3 is 2.45 bits per heavy atom. The topological polar surface area (TPSA) is 125 Å². The van der Waals surface area contributed by atoms with E-state index in [9.17, 15) is 23.6 Å². The Balaban J connectivity index is 2.20. The molecule has 9 heteroatoms. The first-order valence-electron chi connectivity index (χ1n) is 5.95.